The molecule has 12 heteroatoms. The van der Waals surface area contributed by atoms with Gasteiger partial charge >= 0.3 is 5.97 Å². The van der Waals surface area contributed by atoms with Crippen molar-refractivity contribution in [3.63, 3.8) is 0 Å². The lowest BCUT2D eigenvalue weighted by molar-refractivity contribution is -0.293. The molecule has 0 aromatic rings. The average molecular weight is 379 g/mol. The standard InChI is InChI=1S/C14H25N3O9/c1-3-5(17-12(16)13(23)24)2-4(15)14(25-3)26-11-9(21)7(19)6(18)8(20)10(11)22/h3-11,14,18-22H,2,15H2,1H3,(H2,16,17)(H,23,24)/t3-,4-,5+,6?,7-,8+,9-,10+,11?,14-/m0/s1. The number of nitrogens with two attached hydrogens (primary N) is 2. The molecule has 1 saturated heterocycles. The number of nitrogens with zero attached hydrogens (tertiary/aromatic N) is 1. The topological polar surface area (TPSA) is 221 Å². The summed E-state index contributed by atoms with van der Waals surface area (Å²) in [7, 11) is 0. The molecule has 0 bridgehead atoms. The van der Waals surface area contributed by atoms with E-state index < -0.39 is 72.9 Å². The average Bonchev–Trinajstić information content (AvgIpc) is 2.58. The SMILES string of the molecule is C[C@@H]1O[C@@H](OC2[C@@H](O)[C@@H](O)C(O)[C@@H](O)[C@H]2O)[C@@H](N)C[C@H]1N=C(N)C(=O)O. The second kappa shape index (κ2) is 8.10. The molecule has 150 valence electrons. The molecule has 12 nitrogen and oxygen atoms in total. The summed E-state index contributed by atoms with van der Waals surface area (Å²) in [5.74, 6) is -1.96. The molecule has 1 heterocycles. The highest BCUT2D eigenvalue weighted by molar-refractivity contribution is 6.33. The van der Waals surface area contributed by atoms with E-state index in [1.165, 1.54) is 0 Å². The molecule has 0 aromatic heterocycles. The molecule has 2 unspecified atom stereocenters. The van der Waals surface area contributed by atoms with E-state index in [2.05, 4.69) is 4.99 Å². The highest BCUT2D eigenvalue weighted by atomic mass is 16.7. The number of aliphatic hydroxyl groups is 5. The summed E-state index contributed by atoms with van der Waals surface area (Å²) in [5.41, 5.74) is 11.2. The molecule has 0 radical (unpaired) electrons. The van der Waals surface area contributed by atoms with Gasteiger partial charge in [-0.2, -0.15) is 0 Å². The predicted octanol–water partition coefficient (Wildman–Crippen LogP) is -4.54. The van der Waals surface area contributed by atoms with Crippen molar-refractivity contribution in [3.8, 4) is 0 Å². The van der Waals surface area contributed by atoms with Gasteiger partial charge in [0.05, 0.1) is 18.2 Å². The van der Waals surface area contributed by atoms with Crippen molar-refractivity contribution < 1.29 is 44.9 Å². The van der Waals surface area contributed by atoms with E-state index >= 15 is 0 Å². The van der Waals surface area contributed by atoms with E-state index in [0.717, 1.165) is 0 Å². The minimum atomic E-state index is -1.74. The van der Waals surface area contributed by atoms with E-state index in [4.69, 9.17) is 26.0 Å². The van der Waals surface area contributed by atoms with Crippen LogP contribution in [-0.4, -0.2) is 104 Å². The molecule has 26 heavy (non-hydrogen) atoms. The van der Waals surface area contributed by atoms with Crippen molar-refractivity contribution in [2.75, 3.05) is 0 Å². The number of rotatable bonds is 3. The number of carboxylic acid groups (broad SMARTS) is 1. The molecule has 0 aromatic carbocycles. The van der Waals surface area contributed by atoms with Crippen molar-refractivity contribution in [2.45, 2.75) is 74.4 Å². The maximum Gasteiger partial charge on any atom is 0.370 e. The largest absolute Gasteiger partial charge is 0.475 e. The summed E-state index contributed by atoms with van der Waals surface area (Å²) >= 11 is 0. The van der Waals surface area contributed by atoms with Crippen molar-refractivity contribution in [1.82, 2.24) is 0 Å². The second-order valence-corrected chi connectivity index (χ2v) is 6.55. The van der Waals surface area contributed by atoms with Crippen LogP contribution in [0.5, 0.6) is 0 Å². The summed E-state index contributed by atoms with van der Waals surface area (Å²) in [6, 6.07) is -1.46. The first-order chi connectivity index (χ1) is 12.0. The molecule has 1 aliphatic heterocycles. The third-order valence-electron chi connectivity index (χ3n) is 4.64. The fourth-order valence-corrected chi connectivity index (χ4v) is 3.02. The second-order valence-electron chi connectivity index (χ2n) is 6.55. The zero-order valence-electron chi connectivity index (χ0n) is 14.0. The normalized spacial score (nSPS) is 47.6. The van der Waals surface area contributed by atoms with E-state index in [1.54, 1.807) is 6.92 Å². The Morgan fingerprint density at radius 2 is 1.58 bits per heavy atom. The number of aliphatic carboxylic acids is 1. The van der Waals surface area contributed by atoms with Crippen LogP contribution in [0, 0.1) is 0 Å². The smallest absolute Gasteiger partial charge is 0.370 e. The Morgan fingerprint density at radius 1 is 1.08 bits per heavy atom. The van der Waals surface area contributed by atoms with Crippen molar-refractivity contribution in [1.29, 1.82) is 0 Å². The maximum atomic E-state index is 10.8. The molecule has 0 spiro atoms. The molecule has 1 saturated carbocycles. The molecule has 2 aliphatic rings. The van der Waals surface area contributed by atoms with Gasteiger partial charge in [0.25, 0.3) is 0 Å². The number of carbonyl (C=O) groups is 1. The highest BCUT2D eigenvalue weighted by Crippen LogP contribution is 2.29. The molecule has 2 rings (SSSR count). The van der Waals surface area contributed by atoms with Crippen LogP contribution in [0.25, 0.3) is 0 Å². The summed E-state index contributed by atoms with van der Waals surface area (Å²) in [5, 5.41) is 57.8. The van der Waals surface area contributed by atoms with Gasteiger partial charge in [-0.3, -0.25) is 4.99 Å². The van der Waals surface area contributed by atoms with Gasteiger partial charge < -0.3 is 51.6 Å². The number of carboxylic acids is 1. The third-order valence-corrected chi connectivity index (χ3v) is 4.64. The Hall–Kier alpha value is -1.38. The van der Waals surface area contributed by atoms with Gasteiger partial charge in [0, 0.05) is 0 Å². The van der Waals surface area contributed by atoms with Crippen LogP contribution in [0.3, 0.4) is 0 Å². The fourth-order valence-electron chi connectivity index (χ4n) is 3.02. The lowest BCUT2D eigenvalue weighted by Crippen LogP contribution is -2.66. The number of hydrogen-bond donors (Lipinski definition) is 8. The minimum Gasteiger partial charge on any atom is -0.475 e. The highest BCUT2D eigenvalue weighted by Gasteiger charge is 2.50. The van der Waals surface area contributed by atoms with Crippen LogP contribution < -0.4 is 11.5 Å². The molecule has 1 aliphatic carbocycles. The van der Waals surface area contributed by atoms with Crippen LogP contribution in [0.1, 0.15) is 13.3 Å². The lowest BCUT2D eigenvalue weighted by Gasteiger charge is -2.45. The van der Waals surface area contributed by atoms with E-state index in [0.29, 0.717) is 0 Å². The van der Waals surface area contributed by atoms with Gasteiger partial charge in [-0.05, 0) is 13.3 Å². The van der Waals surface area contributed by atoms with Crippen LogP contribution in [0.15, 0.2) is 4.99 Å². The molecule has 10 atom stereocenters. The first kappa shape index (κ1) is 20.9. The Labute approximate surface area is 148 Å². The Balaban J connectivity index is 2.07. The van der Waals surface area contributed by atoms with Gasteiger partial charge in [-0.25, -0.2) is 4.79 Å². The van der Waals surface area contributed by atoms with Crippen molar-refractivity contribution in [2.24, 2.45) is 16.5 Å². The summed E-state index contributed by atoms with van der Waals surface area (Å²) in [6.07, 6.45) is -11.7. The number of aliphatic imine (C=N–C) groups is 1. The lowest BCUT2D eigenvalue weighted by atomic mass is 9.84. The third kappa shape index (κ3) is 4.13. The summed E-state index contributed by atoms with van der Waals surface area (Å²) < 4.78 is 11.0. The van der Waals surface area contributed by atoms with E-state index in [9.17, 15) is 30.3 Å². The molecular formula is C14H25N3O9. The molecular weight excluding hydrogens is 354 g/mol. The molecule has 10 N–H and O–H groups in total. The fraction of sp³-hybridized carbons (Fsp3) is 0.857. The Morgan fingerprint density at radius 3 is 2.08 bits per heavy atom. The van der Waals surface area contributed by atoms with Gasteiger partial charge in [-0.15, -0.1) is 0 Å². The van der Waals surface area contributed by atoms with Crippen molar-refractivity contribution >= 4 is 11.8 Å². The maximum absolute atomic E-state index is 10.8. The minimum absolute atomic E-state index is 0.145. The Bertz CT molecular complexity index is 532. The number of amidine groups is 1. The summed E-state index contributed by atoms with van der Waals surface area (Å²) in [6.45, 7) is 1.59. The van der Waals surface area contributed by atoms with Gasteiger partial charge in [-0.1, -0.05) is 0 Å². The predicted molar refractivity (Wildman–Crippen MR) is 84.9 cm³/mol. The van der Waals surface area contributed by atoms with E-state index in [-0.39, 0.29) is 6.42 Å². The summed E-state index contributed by atoms with van der Waals surface area (Å²) in [4.78, 5) is 14.6. The Kier molecular flexibility index (Phi) is 6.52. The van der Waals surface area contributed by atoms with Gasteiger partial charge in [0.15, 0.2) is 6.29 Å². The zero-order chi connectivity index (χ0) is 19.8. The first-order valence-corrected chi connectivity index (χ1v) is 8.08. The number of ether oxygens (including phenoxy) is 2. The quantitative estimate of drug-likeness (QED) is 0.172. The van der Waals surface area contributed by atoms with Crippen molar-refractivity contribution in [3.05, 3.63) is 0 Å². The van der Waals surface area contributed by atoms with Crippen LogP contribution in [0.4, 0.5) is 0 Å². The zero-order valence-corrected chi connectivity index (χ0v) is 14.0. The van der Waals surface area contributed by atoms with Crippen LogP contribution >= 0.6 is 0 Å². The number of aliphatic hydroxyl groups excluding tert-OH is 5. The van der Waals surface area contributed by atoms with Crippen LogP contribution in [0.2, 0.25) is 0 Å². The molecule has 2 fully saturated rings. The first-order valence-electron chi connectivity index (χ1n) is 8.08. The molecule has 0 amide bonds. The monoisotopic (exact) mass is 379 g/mol. The van der Waals surface area contributed by atoms with Gasteiger partial charge in [0.2, 0.25) is 5.84 Å². The number of hydrogen-bond acceptors (Lipinski definition) is 10. The van der Waals surface area contributed by atoms with E-state index in [1.807, 2.05) is 0 Å². The van der Waals surface area contributed by atoms with Crippen LogP contribution in [-0.2, 0) is 14.3 Å². The van der Waals surface area contributed by atoms with Gasteiger partial charge in [0.1, 0.15) is 36.6 Å².